The molecule has 4 rings (SSSR count). The summed E-state index contributed by atoms with van der Waals surface area (Å²) in [5.74, 6) is -1.09. The van der Waals surface area contributed by atoms with E-state index < -0.39 is 11.9 Å². The van der Waals surface area contributed by atoms with E-state index in [-0.39, 0.29) is 30.0 Å². The van der Waals surface area contributed by atoms with E-state index >= 15 is 0 Å². The van der Waals surface area contributed by atoms with Crippen LogP contribution in [0.25, 0.3) is 0 Å². The van der Waals surface area contributed by atoms with Crippen molar-refractivity contribution in [1.29, 1.82) is 0 Å². The third-order valence-electron chi connectivity index (χ3n) is 5.35. The maximum atomic E-state index is 14.8. The predicted molar refractivity (Wildman–Crippen MR) is 119 cm³/mol. The van der Waals surface area contributed by atoms with E-state index in [1.807, 2.05) is 34.3 Å². The Kier molecular flexibility index (Phi) is 6.59. The minimum Gasteiger partial charge on any atom is -0.351 e. The van der Waals surface area contributed by atoms with Gasteiger partial charge in [0.05, 0.1) is 12.1 Å². The Balaban J connectivity index is 1.73. The van der Waals surface area contributed by atoms with E-state index in [9.17, 15) is 14.0 Å². The molecule has 0 aliphatic heterocycles. The average Bonchev–Trinajstić information content (AvgIpc) is 3.50. The zero-order valence-corrected chi connectivity index (χ0v) is 18.1. The standard InChI is InChI=1S/C23H23FN2O2S2/c24-19-9-3-4-10-20(19)26(21(27)14-18-8-5-12-30-18)22(16-11-13-29-15-16)23(28)25-17-6-1-2-7-17/h3-5,8-13,15,17,22H,1-2,6-7,14H2,(H,25,28). The van der Waals surface area contributed by atoms with Gasteiger partial charge in [-0.2, -0.15) is 11.3 Å². The lowest BCUT2D eigenvalue weighted by atomic mass is 10.0. The van der Waals surface area contributed by atoms with Crippen molar-refractivity contribution in [3.05, 3.63) is 74.9 Å². The first-order valence-electron chi connectivity index (χ1n) is 10.0. The highest BCUT2D eigenvalue weighted by atomic mass is 32.1. The molecule has 0 bridgehead atoms. The molecule has 1 aliphatic rings. The fraction of sp³-hybridized carbons (Fsp3) is 0.304. The van der Waals surface area contributed by atoms with Crippen molar-refractivity contribution in [2.24, 2.45) is 0 Å². The Labute approximate surface area is 183 Å². The van der Waals surface area contributed by atoms with Gasteiger partial charge < -0.3 is 5.32 Å². The van der Waals surface area contributed by atoms with Crippen LogP contribution in [0, 0.1) is 5.82 Å². The summed E-state index contributed by atoms with van der Waals surface area (Å²) in [7, 11) is 0. The number of thiophene rings is 2. The van der Waals surface area contributed by atoms with Crippen LogP contribution in [-0.2, 0) is 16.0 Å². The number of carbonyl (C=O) groups is 2. The van der Waals surface area contributed by atoms with Crippen LogP contribution in [0.1, 0.15) is 42.2 Å². The fourth-order valence-corrected chi connectivity index (χ4v) is 5.29. The van der Waals surface area contributed by atoms with Crippen LogP contribution in [0.5, 0.6) is 0 Å². The van der Waals surface area contributed by atoms with Gasteiger partial charge in [0.25, 0.3) is 0 Å². The minimum atomic E-state index is -0.916. The number of amides is 2. The van der Waals surface area contributed by atoms with Crippen molar-refractivity contribution in [3.8, 4) is 0 Å². The van der Waals surface area contributed by atoms with E-state index in [1.165, 1.54) is 33.6 Å². The zero-order valence-electron chi connectivity index (χ0n) is 16.4. The van der Waals surface area contributed by atoms with E-state index in [0.717, 1.165) is 30.6 Å². The first kappa shape index (κ1) is 20.8. The van der Waals surface area contributed by atoms with Gasteiger partial charge in [0.1, 0.15) is 11.9 Å². The molecule has 1 N–H and O–H groups in total. The van der Waals surface area contributed by atoms with Crippen LogP contribution in [0.3, 0.4) is 0 Å². The fourth-order valence-electron chi connectivity index (χ4n) is 3.91. The number of carbonyl (C=O) groups excluding carboxylic acids is 2. The largest absolute Gasteiger partial charge is 0.351 e. The quantitative estimate of drug-likeness (QED) is 0.538. The highest BCUT2D eigenvalue weighted by Gasteiger charge is 2.35. The maximum Gasteiger partial charge on any atom is 0.248 e. The van der Waals surface area contributed by atoms with Crippen LogP contribution >= 0.6 is 22.7 Å². The molecule has 1 saturated carbocycles. The SMILES string of the molecule is O=C(NC1CCCC1)C(c1ccsc1)N(C(=O)Cc1cccs1)c1ccccc1F. The normalized spacial score (nSPS) is 15.1. The first-order chi connectivity index (χ1) is 14.6. The number of hydrogen-bond acceptors (Lipinski definition) is 4. The van der Waals surface area contributed by atoms with Gasteiger partial charge >= 0.3 is 0 Å². The van der Waals surface area contributed by atoms with Crippen LogP contribution in [0.15, 0.2) is 58.6 Å². The Hall–Kier alpha value is -2.51. The molecular formula is C23H23FN2O2S2. The highest BCUT2D eigenvalue weighted by molar-refractivity contribution is 7.10. The van der Waals surface area contributed by atoms with Crippen molar-refractivity contribution >= 4 is 40.2 Å². The summed E-state index contributed by atoms with van der Waals surface area (Å²) in [5, 5.41) is 8.73. The molecule has 4 nitrogen and oxygen atoms in total. The molecule has 1 atom stereocenters. The molecule has 7 heteroatoms. The van der Waals surface area contributed by atoms with Gasteiger partial charge in [0.2, 0.25) is 11.8 Å². The van der Waals surface area contributed by atoms with Crippen LogP contribution in [0.4, 0.5) is 10.1 Å². The molecule has 0 radical (unpaired) electrons. The monoisotopic (exact) mass is 442 g/mol. The van der Waals surface area contributed by atoms with Crippen LogP contribution < -0.4 is 10.2 Å². The molecule has 156 valence electrons. The van der Waals surface area contributed by atoms with Crippen molar-refractivity contribution in [2.75, 3.05) is 4.90 Å². The van der Waals surface area contributed by atoms with Crippen molar-refractivity contribution in [2.45, 2.75) is 44.2 Å². The summed E-state index contributed by atoms with van der Waals surface area (Å²) >= 11 is 2.92. The van der Waals surface area contributed by atoms with Gasteiger partial charge in [-0.15, -0.1) is 11.3 Å². The Morgan fingerprint density at radius 2 is 1.90 bits per heavy atom. The van der Waals surface area contributed by atoms with Gasteiger partial charge in [0.15, 0.2) is 0 Å². The number of halogens is 1. The van der Waals surface area contributed by atoms with Gasteiger partial charge in [0, 0.05) is 10.9 Å². The lowest BCUT2D eigenvalue weighted by molar-refractivity contribution is -0.127. The zero-order chi connectivity index (χ0) is 20.9. The molecule has 30 heavy (non-hydrogen) atoms. The molecule has 1 unspecified atom stereocenters. The van der Waals surface area contributed by atoms with Gasteiger partial charge in [-0.1, -0.05) is 31.0 Å². The second kappa shape index (κ2) is 9.53. The second-order valence-electron chi connectivity index (χ2n) is 7.42. The number of nitrogens with zero attached hydrogens (tertiary/aromatic N) is 1. The van der Waals surface area contributed by atoms with Gasteiger partial charge in [-0.3, -0.25) is 14.5 Å². The molecule has 1 aliphatic carbocycles. The number of benzene rings is 1. The highest BCUT2D eigenvalue weighted by Crippen LogP contribution is 2.32. The summed E-state index contributed by atoms with van der Waals surface area (Å²) in [6, 6.07) is 10.9. The van der Waals surface area contributed by atoms with Gasteiger partial charge in [-0.25, -0.2) is 4.39 Å². The molecule has 0 saturated heterocycles. The van der Waals surface area contributed by atoms with E-state index in [2.05, 4.69) is 5.32 Å². The molecule has 1 aromatic carbocycles. The summed E-state index contributed by atoms with van der Waals surface area (Å²) in [4.78, 5) is 29.1. The number of nitrogens with one attached hydrogen (secondary N) is 1. The maximum absolute atomic E-state index is 14.8. The molecule has 2 aromatic heterocycles. The van der Waals surface area contributed by atoms with E-state index in [0.29, 0.717) is 5.56 Å². The number of rotatable bonds is 7. The summed E-state index contributed by atoms with van der Waals surface area (Å²) in [5.41, 5.74) is 0.815. The van der Waals surface area contributed by atoms with Crippen molar-refractivity contribution in [1.82, 2.24) is 5.32 Å². The number of anilines is 1. The third-order valence-corrected chi connectivity index (χ3v) is 6.93. The average molecular weight is 443 g/mol. The Bertz CT molecular complexity index is 983. The molecular weight excluding hydrogens is 419 g/mol. The molecule has 2 heterocycles. The van der Waals surface area contributed by atoms with Gasteiger partial charge in [-0.05, 0) is 58.8 Å². The van der Waals surface area contributed by atoms with E-state index in [1.54, 1.807) is 18.2 Å². The molecule has 3 aromatic rings. The van der Waals surface area contributed by atoms with E-state index in [4.69, 9.17) is 0 Å². The topological polar surface area (TPSA) is 49.4 Å². The molecule has 1 fully saturated rings. The molecule has 0 spiro atoms. The number of para-hydroxylation sites is 1. The van der Waals surface area contributed by atoms with Crippen LogP contribution in [0.2, 0.25) is 0 Å². The number of hydrogen-bond donors (Lipinski definition) is 1. The lowest BCUT2D eigenvalue weighted by Gasteiger charge is -2.32. The summed E-state index contributed by atoms with van der Waals surface area (Å²) in [6.45, 7) is 0. The summed E-state index contributed by atoms with van der Waals surface area (Å²) in [6.07, 6.45) is 4.16. The molecule has 2 amide bonds. The lowest BCUT2D eigenvalue weighted by Crippen LogP contribution is -2.47. The van der Waals surface area contributed by atoms with Crippen LogP contribution in [-0.4, -0.2) is 17.9 Å². The van der Waals surface area contributed by atoms with Crippen molar-refractivity contribution in [3.63, 3.8) is 0 Å². The third kappa shape index (κ3) is 4.63. The predicted octanol–water partition coefficient (Wildman–Crippen LogP) is 5.32. The van der Waals surface area contributed by atoms with Crippen molar-refractivity contribution < 1.29 is 14.0 Å². The Morgan fingerprint density at radius 1 is 1.10 bits per heavy atom. The second-order valence-corrected chi connectivity index (χ2v) is 9.23. The summed E-state index contributed by atoms with van der Waals surface area (Å²) < 4.78 is 14.8. The smallest absolute Gasteiger partial charge is 0.248 e. The first-order valence-corrected chi connectivity index (χ1v) is 11.9. The Morgan fingerprint density at radius 3 is 2.57 bits per heavy atom. The minimum absolute atomic E-state index is 0.105.